The molecule has 0 radical (unpaired) electrons. The Morgan fingerprint density at radius 2 is 1.62 bits per heavy atom. The number of halogens is 3. The van der Waals surface area contributed by atoms with Gasteiger partial charge in [0.1, 0.15) is 40.9 Å². The number of aromatic hydroxyl groups is 1. The van der Waals surface area contributed by atoms with Gasteiger partial charge < -0.3 is 24.1 Å². The lowest BCUT2D eigenvalue weighted by atomic mass is 10.1. The molecule has 0 heterocycles. The summed E-state index contributed by atoms with van der Waals surface area (Å²) in [4.78, 5) is 11.6. The summed E-state index contributed by atoms with van der Waals surface area (Å²) in [5.41, 5.74) is 1.00. The maximum absolute atomic E-state index is 12.9. The van der Waals surface area contributed by atoms with Gasteiger partial charge in [-0.05, 0) is 29.3 Å². The standard InChI is InChI=1S/C25H21F3O6/c1-31-18-10-8-16(9-11-18)12-22(34-24(30)25(26,27)28)23-20(29)13-19(14-21(23)32-2)33-15-17-6-4-3-5-7-17/h3-14,29H,15H2,1-2H3/b22-12-. The Bertz CT molecular complexity index is 1160. The first kappa shape index (κ1) is 24.5. The van der Waals surface area contributed by atoms with Crippen molar-refractivity contribution < 1.29 is 42.0 Å². The van der Waals surface area contributed by atoms with Crippen LogP contribution in [0.4, 0.5) is 13.2 Å². The number of carbonyl (C=O) groups is 1. The van der Waals surface area contributed by atoms with E-state index in [0.29, 0.717) is 11.3 Å². The molecule has 0 aliphatic carbocycles. The summed E-state index contributed by atoms with van der Waals surface area (Å²) in [6.07, 6.45) is -4.08. The molecule has 3 aromatic carbocycles. The summed E-state index contributed by atoms with van der Waals surface area (Å²) < 4.78 is 59.5. The van der Waals surface area contributed by atoms with Gasteiger partial charge in [-0.3, -0.25) is 0 Å². The van der Waals surface area contributed by atoms with Crippen molar-refractivity contribution in [3.8, 4) is 23.0 Å². The lowest BCUT2D eigenvalue weighted by Gasteiger charge is -2.17. The normalized spacial score (nSPS) is 11.6. The summed E-state index contributed by atoms with van der Waals surface area (Å²) in [6, 6.07) is 18.0. The van der Waals surface area contributed by atoms with Crippen LogP contribution < -0.4 is 14.2 Å². The van der Waals surface area contributed by atoms with Gasteiger partial charge in [0.2, 0.25) is 0 Å². The third-order valence-electron chi connectivity index (χ3n) is 4.62. The predicted molar refractivity (Wildman–Crippen MR) is 118 cm³/mol. The number of rotatable bonds is 8. The second kappa shape index (κ2) is 10.7. The Hall–Kier alpha value is -4.14. The van der Waals surface area contributed by atoms with Crippen LogP contribution in [0.1, 0.15) is 16.7 Å². The molecule has 0 fully saturated rings. The van der Waals surface area contributed by atoms with E-state index >= 15 is 0 Å². The molecule has 0 amide bonds. The first-order valence-corrected chi connectivity index (χ1v) is 9.94. The Kier molecular flexibility index (Phi) is 7.68. The number of ether oxygens (including phenoxy) is 4. The first-order chi connectivity index (χ1) is 16.2. The van der Waals surface area contributed by atoms with Crippen LogP contribution >= 0.6 is 0 Å². The maximum Gasteiger partial charge on any atom is 0.491 e. The number of benzene rings is 3. The molecule has 0 aromatic heterocycles. The number of hydrogen-bond acceptors (Lipinski definition) is 6. The van der Waals surface area contributed by atoms with Crippen LogP contribution in [-0.2, 0) is 16.1 Å². The second-order valence-electron chi connectivity index (χ2n) is 6.96. The zero-order valence-electron chi connectivity index (χ0n) is 18.3. The number of hydrogen-bond donors (Lipinski definition) is 1. The molecule has 0 atom stereocenters. The van der Waals surface area contributed by atoms with Crippen LogP contribution in [0.2, 0.25) is 0 Å². The molecule has 0 saturated heterocycles. The van der Waals surface area contributed by atoms with E-state index in [1.807, 2.05) is 30.3 Å². The average Bonchev–Trinajstić information content (AvgIpc) is 2.82. The number of esters is 1. The highest BCUT2D eigenvalue weighted by atomic mass is 19.4. The van der Waals surface area contributed by atoms with Crippen LogP contribution in [0.3, 0.4) is 0 Å². The van der Waals surface area contributed by atoms with Crippen LogP contribution in [0.15, 0.2) is 66.7 Å². The molecule has 178 valence electrons. The van der Waals surface area contributed by atoms with Crippen LogP contribution in [0.5, 0.6) is 23.0 Å². The van der Waals surface area contributed by atoms with Gasteiger partial charge in [-0.25, -0.2) is 4.79 Å². The predicted octanol–water partition coefficient (Wildman–Crippen LogP) is 5.59. The molecule has 34 heavy (non-hydrogen) atoms. The Labute approximate surface area is 193 Å². The van der Waals surface area contributed by atoms with Gasteiger partial charge in [0.05, 0.1) is 14.2 Å². The molecule has 1 N–H and O–H groups in total. The van der Waals surface area contributed by atoms with E-state index < -0.39 is 23.7 Å². The summed E-state index contributed by atoms with van der Waals surface area (Å²) >= 11 is 0. The summed E-state index contributed by atoms with van der Waals surface area (Å²) in [7, 11) is 2.72. The van der Waals surface area contributed by atoms with E-state index in [2.05, 4.69) is 4.74 Å². The molecule has 0 aliphatic heterocycles. The monoisotopic (exact) mass is 474 g/mol. The maximum atomic E-state index is 12.9. The van der Waals surface area contributed by atoms with E-state index in [0.717, 1.165) is 5.56 Å². The summed E-state index contributed by atoms with van der Waals surface area (Å²) in [5.74, 6) is -2.84. The number of methoxy groups -OCH3 is 2. The molecule has 9 heteroatoms. The molecule has 0 bridgehead atoms. The topological polar surface area (TPSA) is 74.2 Å². The molecule has 3 rings (SSSR count). The molecule has 0 aliphatic rings. The van der Waals surface area contributed by atoms with Crippen molar-refractivity contribution in [1.82, 2.24) is 0 Å². The van der Waals surface area contributed by atoms with Crippen molar-refractivity contribution in [2.45, 2.75) is 12.8 Å². The minimum Gasteiger partial charge on any atom is -0.507 e. The Balaban J connectivity index is 2.00. The van der Waals surface area contributed by atoms with E-state index in [4.69, 9.17) is 14.2 Å². The van der Waals surface area contributed by atoms with Crippen molar-refractivity contribution in [1.29, 1.82) is 0 Å². The molecule has 0 saturated carbocycles. The van der Waals surface area contributed by atoms with E-state index in [9.17, 15) is 23.1 Å². The molecular weight excluding hydrogens is 453 g/mol. The van der Waals surface area contributed by atoms with E-state index in [1.54, 1.807) is 24.3 Å². The largest absolute Gasteiger partial charge is 0.507 e. The fourth-order valence-electron chi connectivity index (χ4n) is 2.97. The van der Waals surface area contributed by atoms with Gasteiger partial charge in [0.25, 0.3) is 0 Å². The Morgan fingerprint density at radius 1 is 0.941 bits per heavy atom. The quantitative estimate of drug-likeness (QED) is 0.261. The fraction of sp³-hybridized carbons (Fsp3) is 0.160. The highest BCUT2D eigenvalue weighted by Crippen LogP contribution is 2.40. The van der Waals surface area contributed by atoms with Crippen molar-refractivity contribution in [2.24, 2.45) is 0 Å². The third-order valence-corrected chi connectivity index (χ3v) is 4.62. The highest BCUT2D eigenvalue weighted by Gasteiger charge is 2.42. The van der Waals surface area contributed by atoms with Crippen LogP contribution in [0.25, 0.3) is 11.8 Å². The highest BCUT2D eigenvalue weighted by molar-refractivity contribution is 5.90. The first-order valence-electron chi connectivity index (χ1n) is 9.94. The van der Waals surface area contributed by atoms with E-state index in [-0.39, 0.29) is 23.7 Å². The van der Waals surface area contributed by atoms with Gasteiger partial charge in [0.15, 0.2) is 0 Å². The third kappa shape index (κ3) is 6.22. The lowest BCUT2D eigenvalue weighted by molar-refractivity contribution is -0.192. The van der Waals surface area contributed by atoms with Gasteiger partial charge in [-0.1, -0.05) is 42.5 Å². The van der Waals surface area contributed by atoms with Gasteiger partial charge in [-0.2, -0.15) is 13.2 Å². The van der Waals surface area contributed by atoms with E-state index in [1.165, 1.54) is 32.4 Å². The van der Waals surface area contributed by atoms with Gasteiger partial charge in [-0.15, -0.1) is 0 Å². The Morgan fingerprint density at radius 3 is 2.21 bits per heavy atom. The molecule has 3 aromatic rings. The number of carbonyl (C=O) groups excluding carboxylic acids is 1. The molecular formula is C25H21F3O6. The average molecular weight is 474 g/mol. The summed E-state index contributed by atoms with van der Waals surface area (Å²) in [6.45, 7) is 0.181. The van der Waals surface area contributed by atoms with Crippen LogP contribution in [0, 0.1) is 0 Å². The van der Waals surface area contributed by atoms with Crippen molar-refractivity contribution in [2.75, 3.05) is 14.2 Å². The van der Waals surface area contributed by atoms with Crippen molar-refractivity contribution >= 4 is 17.8 Å². The number of phenols is 1. The minimum absolute atomic E-state index is 0.0576. The van der Waals surface area contributed by atoms with Crippen molar-refractivity contribution in [3.05, 3.63) is 83.4 Å². The smallest absolute Gasteiger partial charge is 0.491 e. The second-order valence-corrected chi connectivity index (χ2v) is 6.96. The number of phenolic OH excluding ortho intramolecular Hbond substituents is 1. The molecule has 6 nitrogen and oxygen atoms in total. The number of alkyl halides is 3. The zero-order chi connectivity index (χ0) is 24.7. The summed E-state index contributed by atoms with van der Waals surface area (Å²) in [5, 5.41) is 10.7. The fourth-order valence-corrected chi connectivity index (χ4v) is 2.97. The van der Waals surface area contributed by atoms with Crippen molar-refractivity contribution in [3.63, 3.8) is 0 Å². The van der Waals surface area contributed by atoms with Gasteiger partial charge >= 0.3 is 12.1 Å². The van der Waals surface area contributed by atoms with Crippen LogP contribution in [-0.4, -0.2) is 31.5 Å². The van der Waals surface area contributed by atoms with Gasteiger partial charge in [0, 0.05) is 12.1 Å². The molecule has 0 unspecified atom stereocenters. The minimum atomic E-state index is -5.25. The zero-order valence-corrected chi connectivity index (χ0v) is 18.3. The molecule has 0 spiro atoms. The lowest BCUT2D eigenvalue weighted by Crippen LogP contribution is -2.25. The SMILES string of the molecule is COc1ccc(/C=C(\OC(=O)C(F)(F)F)c2c(O)cc(OCc3ccccc3)cc2OC)cc1.